The van der Waals surface area contributed by atoms with Crippen LogP contribution >= 0.6 is 0 Å². The van der Waals surface area contributed by atoms with E-state index in [1.807, 2.05) is 18.3 Å². The molecule has 1 aromatic rings. The second kappa shape index (κ2) is 8.47. The maximum atomic E-state index is 9.86. The Hall–Kier alpha value is -0.970. The van der Waals surface area contributed by atoms with Crippen LogP contribution in [-0.4, -0.2) is 54.9 Å². The van der Waals surface area contributed by atoms with E-state index >= 15 is 0 Å². The number of piperidine rings is 1. The topological polar surface area (TPSA) is 45.6 Å². The van der Waals surface area contributed by atoms with E-state index in [-0.39, 0.29) is 12.0 Å². The lowest BCUT2D eigenvalue weighted by molar-refractivity contribution is 0.0194. The van der Waals surface area contributed by atoms with Gasteiger partial charge in [-0.3, -0.25) is 4.98 Å². The number of hydrogen-bond acceptors (Lipinski definition) is 4. The molecule has 0 aromatic carbocycles. The van der Waals surface area contributed by atoms with Crippen molar-refractivity contribution in [2.45, 2.75) is 32.1 Å². The molecule has 0 radical (unpaired) electrons. The number of aliphatic hydroxyl groups is 1. The highest BCUT2D eigenvalue weighted by Crippen LogP contribution is 2.34. The van der Waals surface area contributed by atoms with Crippen molar-refractivity contribution in [1.82, 2.24) is 9.88 Å². The van der Waals surface area contributed by atoms with Crippen molar-refractivity contribution in [2.24, 2.45) is 5.41 Å². The van der Waals surface area contributed by atoms with E-state index in [0.717, 1.165) is 57.6 Å². The molecule has 1 N–H and O–H groups in total. The molecule has 0 amide bonds. The summed E-state index contributed by atoms with van der Waals surface area (Å²) >= 11 is 0. The molecule has 1 saturated heterocycles. The molecule has 1 fully saturated rings. The highest BCUT2D eigenvalue weighted by atomic mass is 16.5. The van der Waals surface area contributed by atoms with Gasteiger partial charge in [-0.05, 0) is 44.4 Å². The van der Waals surface area contributed by atoms with Crippen molar-refractivity contribution in [2.75, 3.05) is 40.0 Å². The molecule has 1 aliphatic rings. The zero-order valence-corrected chi connectivity index (χ0v) is 13.1. The van der Waals surface area contributed by atoms with Gasteiger partial charge in [0.25, 0.3) is 0 Å². The predicted octanol–water partition coefficient (Wildman–Crippen LogP) is 2.13. The number of hydrogen-bond donors (Lipinski definition) is 1. The maximum Gasteiger partial charge on any atom is 0.0499 e. The number of aliphatic hydroxyl groups excluding tert-OH is 1. The number of likely N-dealkylation sites (tertiary alicyclic amines) is 1. The summed E-state index contributed by atoms with van der Waals surface area (Å²) in [4.78, 5) is 6.88. The fourth-order valence-electron chi connectivity index (χ4n) is 3.32. The fraction of sp³-hybridized carbons (Fsp3) is 0.706. The average Bonchev–Trinajstić information content (AvgIpc) is 2.54. The molecule has 1 aliphatic heterocycles. The van der Waals surface area contributed by atoms with Crippen LogP contribution in [-0.2, 0) is 11.2 Å². The van der Waals surface area contributed by atoms with E-state index in [4.69, 9.17) is 4.74 Å². The molecule has 1 unspecified atom stereocenters. The summed E-state index contributed by atoms with van der Waals surface area (Å²) in [6, 6.07) is 6.08. The van der Waals surface area contributed by atoms with Crippen molar-refractivity contribution in [3.63, 3.8) is 0 Å². The standard InChI is InChI=1S/C17H28N2O2/c1-21-13-5-9-17(15-20)8-4-11-19(14-17)12-7-16-6-2-3-10-18-16/h2-3,6,10,20H,4-5,7-9,11-15H2,1H3. The quantitative estimate of drug-likeness (QED) is 0.746. The van der Waals surface area contributed by atoms with Gasteiger partial charge in [0.05, 0.1) is 0 Å². The molecule has 1 atom stereocenters. The largest absolute Gasteiger partial charge is 0.396 e. The Morgan fingerprint density at radius 1 is 1.43 bits per heavy atom. The summed E-state index contributed by atoms with van der Waals surface area (Å²) < 4.78 is 5.15. The van der Waals surface area contributed by atoms with Crippen molar-refractivity contribution in [1.29, 1.82) is 0 Å². The van der Waals surface area contributed by atoms with Crippen LogP contribution in [0.1, 0.15) is 31.4 Å². The lowest BCUT2D eigenvalue weighted by Gasteiger charge is -2.42. The minimum atomic E-state index is 0.0703. The molecule has 118 valence electrons. The summed E-state index contributed by atoms with van der Waals surface area (Å²) in [5, 5.41) is 9.86. The van der Waals surface area contributed by atoms with Gasteiger partial charge in [-0.1, -0.05) is 6.07 Å². The first-order chi connectivity index (χ1) is 10.3. The van der Waals surface area contributed by atoms with Crippen LogP contribution in [0.5, 0.6) is 0 Å². The van der Waals surface area contributed by atoms with Crippen LogP contribution in [0.3, 0.4) is 0 Å². The molecule has 4 nitrogen and oxygen atoms in total. The first-order valence-corrected chi connectivity index (χ1v) is 8.00. The summed E-state index contributed by atoms with van der Waals surface area (Å²) in [6.45, 7) is 4.24. The molecule has 0 spiro atoms. The monoisotopic (exact) mass is 292 g/mol. The summed E-state index contributed by atoms with van der Waals surface area (Å²) in [5.41, 5.74) is 1.22. The Bertz CT molecular complexity index is 399. The van der Waals surface area contributed by atoms with Crippen LogP contribution < -0.4 is 0 Å². The molecule has 0 saturated carbocycles. The number of aromatic nitrogens is 1. The normalized spacial score (nSPS) is 23.3. The predicted molar refractivity (Wildman–Crippen MR) is 84.2 cm³/mol. The van der Waals surface area contributed by atoms with Gasteiger partial charge in [0.2, 0.25) is 0 Å². The van der Waals surface area contributed by atoms with Crippen LogP contribution in [0.4, 0.5) is 0 Å². The van der Waals surface area contributed by atoms with Gasteiger partial charge in [-0.25, -0.2) is 0 Å². The molecule has 2 rings (SSSR count). The van der Waals surface area contributed by atoms with Gasteiger partial charge in [0, 0.05) is 57.1 Å². The second-order valence-electron chi connectivity index (χ2n) is 6.21. The average molecular weight is 292 g/mol. The number of rotatable bonds is 8. The summed E-state index contributed by atoms with van der Waals surface area (Å²) in [7, 11) is 1.74. The molecule has 4 heteroatoms. The van der Waals surface area contributed by atoms with Crippen molar-refractivity contribution in [3.8, 4) is 0 Å². The minimum Gasteiger partial charge on any atom is -0.396 e. The van der Waals surface area contributed by atoms with E-state index in [1.54, 1.807) is 7.11 Å². The van der Waals surface area contributed by atoms with Crippen molar-refractivity contribution in [3.05, 3.63) is 30.1 Å². The highest BCUT2D eigenvalue weighted by Gasteiger charge is 2.34. The molecular formula is C17H28N2O2. The third kappa shape index (κ3) is 5.06. The Morgan fingerprint density at radius 3 is 3.05 bits per heavy atom. The van der Waals surface area contributed by atoms with Crippen molar-refractivity contribution >= 4 is 0 Å². The third-order valence-corrected chi connectivity index (χ3v) is 4.54. The number of methoxy groups -OCH3 is 1. The third-order valence-electron chi connectivity index (χ3n) is 4.54. The van der Waals surface area contributed by atoms with E-state index in [0.29, 0.717) is 0 Å². The molecular weight excluding hydrogens is 264 g/mol. The van der Waals surface area contributed by atoms with E-state index in [1.165, 1.54) is 6.42 Å². The highest BCUT2D eigenvalue weighted by molar-refractivity contribution is 5.04. The lowest BCUT2D eigenvalue weighted by Crippen LogP contribution is -2.46. The van der Waals surface area contributed by atoms with Crippen LogP contribution in [0.15, 0.2) is 24.4 Å². The Morgan fingerprint density at radius 2 is 2.33 bits per heavy atom. The summed E-state index contributed by atoms with van der Waals surface area (Å²) in [6.07, 6.45) is 7.24. The van der Waals surface area contributed by atoms with E-state index in [2.05, 4.69) is 16.0 Å². The van der Waals surface area contributed by atoms with Gasteiger partial charge >= 0.3 is 0 Å². The zero-order chi connectivity index (χ0) is 15.0. The Balaban J connectivity index is 1.83. The summed E-state index contributed by atoms with van der Waals surface area (Å²) in [5.74, 6) is 0. The van der Waals surface area contributed by atoms with Gasteiger partial charge < -0.3 is 14.7 Å². The first kappa shape index (κ1) is 16.4. The molecule has 2 heterocycles. The van der Waals surface area contributed by atoms with Gasteiger partial charge in [0.15, 0.2) is 0 Å². The Labute approximate surface area is 128 Å². The zero-order valence-electron chi connectivity index (χ0n) is 13.1. The number of ether oxygens (including phenoxy) is 1. The van der Waals surface area contributed by atoms with Crippen LogP contribution in [0, 0.1) is 5.41 Å². The van der Waals surface area contributed by atoms with Gasteiger partial charge in [-0.15, -0.1) is 0 Å². The Kier molecular flexibility index (Phi) is 6.61. The first-order valence-electron chi connectivity index (χ1n) is 8.00. The smallest absolute Gasteiger partial charge is 0.0499 e. The second-order valence-corrected chi connectivity index (χ2v) is 6.21. The van der Waals surface area contributed by atoms with E-state index < -0.39 is 0 Å². The SMILES string of the molecule is COCCCC1(CO)CCCN(CCc2ccccn2)C1. The minimum absolute atomic E-state index is 0.0703. The molecule has 1 aromatic heterocycles. The lowest BCUT2D eigenvalue weighted by atomic mass is 9.77. The van der Waals surface area contributed by atoms with Gasteiger partial charge in [-0.2, -0.15) is 0 Å². The molecule has 21 heavy (non-hydrogen) atoms. The van der Waals surface area contributed by atoms with Crippen LogP contribution in [0.25, 0.3) is 0 Å². The van der Waals surface area contributed by atoms with Gasteiger partial charge in [0.1, 0.15) is 0 Å². The molecule has 0 aliphatic carbocycles. The number of nitrogens with zero attached hydrogens (tertiary/aromatic N) is 2. The van der Waals surface area contributed by atoms with Crippen molar-refractivity contribution < 1.29 is 9.84 Å². The number of pyridine rings is 1. The van der Waals surface area contributed by atoms with E-state index in [9.17, 15) is 5.11 Å². The molecule has 0 bridgehead atoms. The maximum absolute atomic E-state index is 9.86. The fourth-order valence-corrected chi connectivity index (χ4v) is 3.32. The van der Waals surface area contributed by atoms with Crippen LogP contribution in [0.2, 0.25) is 0 Å².